The lowest BCUT2D eigenvalue weighted by molar-refractivity contribution is 0.0796. The van der Waals surface area contributed by atoms with Crippen molar-refractivity contribution >= 4 is 34.7 Å². The van der Waals surface area contributed by atoms with E-state index in [-0.39, 0.29) is 17.0 Å². The summed E-state index contributed by atoms with van der Waals surface area (Å²) in [5.74, 6) is -1.35. The number of amides is 2. The van der Waals surface area contributed by atoms with Gasteiger partial charge in [-0.05, 0) is 18.2 Å². The molecule has 0 saturated heterocycles. The topological polar surface area (TPSA) is 37.4 Å². The van der Waals surface area contributed by atoms with Crippen molar-refractivity contribution in [3.05, 3.63) is 35.1 Å². The van der Waals surface area contributed by atoms with Gasteiger partial charge in [-0.15, -0.1) is 0 Å². The van der Waals surface area contributed by atoms with Crippen LogP contribution in [0.15, 0.2) is 18.2 Å². The Morgan fingerprint density at radius 1 is 1.15 bits per heavy atom. The van der Waals surface area contributed by atoms with Gasteiger partial charge in [0.2, 0.25) is 0 Å². The average Bonchev–Trinajstić information content (AvgIpc) is 2.32. The first-order valence-corrected chi connectivity index (χ1v) is 4.42. The molecule has 13 heavy (non-hydrogen) atoms. The maximum absolute atomic E-state index is 12.7. The molecule has 0 N–H and O–H groups in total. The van der Waals surface area contributed by atoms with E-state index in [9.17, 15) is 14.0 Å². The summed E-state index contributed by atoms with van der Waals surface area (Å²) in [6.07, 6.45) is 0. The van der Waals surface area contributed by atoms with E-state index in [1.165, 1.54) is 12.1 Å². The van der Waals surface area contributed by atoms with Crippen molar-refractivity contribution in [2.45, 2.75) is 0 Å². The molecule has 0 unspecified atom stereocenters. The summed E-state index contributed by atoms with van der Waals surface area (Å²) in [7, 11) is 0. The smallest absolute Gasteiger partial charge is 0.268 e. The molecule has 66 valence electrons. The standard InChI is InChI=1S/C8H3FINO2/c9-4-1-2-5-6(3-4)8(13)11(10)7(5)12/h1-3H. The third-order valence-electron chi connectivity index (χ3n) is 1.80. The number of hydrogen-bond donors (Lipinski definition) is 0. The number of nitrogens with zero attached hydrogens (tertiary/aromatic N) is 1. The molecule has 0 aliphatic carbocycles. The number of carbonyl (C=O) groups excluding carboxylic acids is 2. The van der Waals surface area contributed by atoms with Gasteiger partial charge in [-0.25, -0.2) is 7.50 Å². The zero-order valence-corrected chi connectivity index (χ0v) is 8.41. The van der Waals surface area contributed by atoms with Gasteiger partial charge in [0.25, 0.3) is 11.8 Å². The van der Waals surface area contributed by atoms with E-state index in [1.54, 1.807) is 22.9 Å². The molecule has 0 saturated carbocycles. The van der Waals surface area contributed by atoms with Crippen molar-refractivity contribution < 1.29 is 14.0 Å². The number of fused-ring (bicyclic) bond motifs is 1. The van der Waals surface area contributed by atoms with Crippen molar-refractivity contribution in [1.29, 1.82) is 0 Å². The molecule has 0 radical (unpaired) electrons. The summed E-state index contributed by atoms with van der Waals surface area (Å²) in [5, 5.41) is 0. The molecule has 1 aromatic carbocycles. The van der Waals surface area contributed by atoms with Crippen LogP contribution in [0.3, 0.4) is 0 Å². The van der Waals surface area contributed by atoms with Crippen molar-refractivity contribution in [1.82, 2.24) is 3.11 Å². The van der Waals surface area contributed by atoms with E-state index in [1.807, 2.05) is 0 Å². The van der Waals surface area contributed by atoms with E-state index in [0.717, 1.165) is 9.18 Å². The Kier molecular flexibility index (Phi) is 1.83. The van der Waals surface area contributed by atoms with Crippen LogP contribution in [0.1, 0.15) is 20.7 Å². The van der Waals surface area contributed by atoms with Crippen LogP contribution >= 0.6 is 22.9 Å². The summed E-state index contributed by atoms with van der Waals surface area (Å²) in [6, 6.07) is 3.57. The van der Waals surface area contributed by atoms with E-state index in [0.29, 0.717) is 0 Å². The summed E-state index contributed by atoms with van der Waals surface area (Å²) in [6.45, 7) is 0. The molecule has 1 aromatic rings. The maximum atomic E-state index is 12.7. The van der Waals surface area contributed by atoms with E-state index in [2.05, 4.69) is 0 Å². The molecular weight excluding hydrogens is 288 g/mol. The molecule has 0 bridgehead atoms. The molecule has 2 amide bonds. The van der Waals surface area contributed by atoms with Crippen LogP contribution in [0, 0.1) is 5.82 Å². The highest BCUT2D eigenvalue weighted by atomic mass is 127. The fourth-order valence-corrected chi connectivity index (χ4v) is 1.70. The minimum atomic E-state index is -0.508. The fraction of sp³-hybridized carbons (Fsp3) is 0. The van der Waals surface area contributed by atoms with Crippen LogP contribution < -0.4 is 0 Å². The highest BCUT2D eigenvalue weighted by molar-refractivity contribution is 14.1. The molecule has 2 rings (SSSR count). The third kappa shape index (κ3) is 1.14. The molecular formula is C8H3FINO2. The Hall–Kier alpha value is -0.980. The van der Waals surface area contributed by atoms with Crippen LogP contribution in [0.2, 0.25) is 0 Å². The Balaban J connectivity index is 2.67. The highest BCUT2D eigenvalue weighted by Gasteiger charge is 2.34. The lowest BCUT2D eigenvalue weighted by atomic mass is 10.1. The van der Waals surface area contributed by atoms with Crippen LogP contribution in [0.4, 0.5) is 4.39 Å². The van der Waals surface area contributed by atoms with Gasteiger partial charge in [0.05, 0.1) is 34.0 Å². The molecule has 5 heteroatoms. The maximum Gasteiger partial charge on any atom is 0.270 e. The zero-order chi connectivity index (χ0) is 9.59. The Bertz CT molecular complexity index is 419. The third-order valence-corrected chi connectivity index (χ3v) is 2.68. The van der Waals surface area contributed by atoms with E-state index in [4.69, 9.17) is 0 Å². The van der Waals surface area contributed by atoms with Gasteiger partial charge >= 0.3 is 0 Å². The van der Waals surface area contributed by atoms with E-state index >= 15 is 0 Å². The van der Waals surface area contributed by atoms with E-state index < -0.39 is 11.7 Å². The van der Waals surface area contributed by atoms with Gasteiger partial charge in [0, 0.05) is 0 Å². The molecule has 0 aromatic heterocycles. The Labute approximate surface area is 87.0 Å². The minimum Gasteiger partial charge on any atom is -0.268 e. The van der Waals surface area contributed by atoms with Crippen molar-refractivity contribution in [3.63, 3.8) is 0 Å². The summed E-state index contributed by atoms with van der Waals surface area (Å²) in [4.78, 5) is 22.6. The van der Waals surface area contributed by atoms with Crippen molar-refractivity contribution in [3.8, 4) is 0 Å². The number of halogens is 2. The first-order valence-electron chi connectivity index (χ1n) is 3.45. The Morgan fingerprint density at radius 2 is 1.77 bits per heavy atom. The van der Waals surface area contributed by atoms with Gasteiger partial charge in [-0.2, -0.15) is 0 Å². The second-order valence-electron chi connectivity index (χ2n) is 2.58. The minimum absolute atomic E-state index is 0.138. The molecule has 1 aliphatic heterocycles. The monoisotopic (exact) mass is 291 g/mol. The number of imide groups is 1. The number of carbonyl (C=O) groups is 2. The second kappa shape index (κ2) is 2.76. The normalized spacial score (nSPS) is 15.1. The molecule has 3 nitrogen and oxygen atoms in total. The highest BCUT2D eigenvalue weighted by Crippen LogP contribution is 2.25. The second-order valence-corrected chi connectivity index (χ2v) is 3.55. The predicted octanol–water partition coefficient (Wildman–Crippen LogP) is 1.77. The SMILES string of the molecule is O=C1c2ccc(F)cc2C(=O)N1I. The van der Waals surface area contributed by atoms with Crippen LogP contribution in [-0.2, 0) is 0 Å². The molecule has 1 aliphatic rings. The van der Waals surface area contributed by atoms with Crippen molar-refractivity contribution in [2.24, 2.45) is 0 Å². The predicted molar refractivity (Wildman–Crippen MR) is 50.9 cm³/mol. The lowest BCUT2D eigenvalue weighted by Crippen LogP contribution is -2.17. The van der Waals surface area contributed by atoms with Crippen molar-refractivity contribution in [2.75, 3.05) is 0 Å². The average molecular weight is 291 g/mol. The van der Waals surface area contributed by atoms with Gasteiger partial charge in [0.1, 0.15) is 5.82 Å². The summed E-state index contributed by atoms with van der Waals surface area (Å²) in [5.41, 5.74) is 0.403. The van der Waals surface area contributed by atoms with Gasteiger partial charge in [0.15, 0.2) is 0 Å². The molecule has 0 fully saturated rings. The number of rotatable bonds is 0. The van der Waals surface area contributed by atoms with Crippen LogP contribution in [0.25, 0.3) is 0 Å². The number of benzene rings is 1. The number of hydrogen-bond acceptors (Lipinski definition) is 2. The first-order chi connectivity index (χ1) is 6.11. The summed E-state index contributed by atoms with van der Waals surface area (Å²) < 4.78 is 13.7. The Morgan fingerprint density at radius 3 is 2.46 bits per heavy atom. The zero-order valence-electron chi connectivity index (χ0n) is 6.25. The largest absolute Gasteiger partial charge is 0.270 e. The van der Waals surface area contributed by atoms with Gasteiger partial charge in [-0.3, -0.25) is 9.59 Å². The first kappa shape index (κ1) is 8.61. The fourth-order valence-electron chi connectivity index (χ4n) is 1.18. The van der Waals surface area contributed by atoms with Crippen LogP contribution in [-0.4, -0.2) is 14.9 Å². The summed E-state index contributed by atoms with van der Waals surface area (Å²) >= 11 is 1.60. The van der Waals surface area contributed by atoms with Crippen LogP contribution in [0.5, 0.6) is 0 Å². The van der Waals surface area contributed by atoms with Gasteiger partial charge < -0.3 is 0 Å². The lowest BCUT2D eigenvalue weighted by Gasteiger charge is -1.98. The molecule has 0 spiro atoms. The molecule has 1 heterocycles. The quantitative estimate of drug-likeness (QED) is 0.415. The molecule has 0 atom stereocenters. The van der Waals surface area contributed by atoms with Gasteiger partial charge in [-0.1, -0.05) is 0 Å².